The number of nitrogens with two attached hydrogens (primary N) is 1. The fourth-order valence-corrected chi connectivity index (χ4v) is 2.45. The molecule has 1 aromatic heterocycles. The summed E-state index contributed by atoms with van der Waals surface area (Å²) in [5.41, 5.74) is 2.65. The third-order valence-corrected chi connectivity index (χ3v) is 3.12. The normalized spacial score (nSPS) is 18.0. The van der Waals surface area contributed by atoms with Crippen LogP contribution in [0.5, 0.6) is 0 Å². The molecule has 2 N–H and O–H groups in total. The minimum absolute atomic E-state index is 1.12. The highest BCUT2D eigenvalue weighted by molar-refractivity contribution is 5.57. The van der Waals surface area contributed by atoms with Gasteiger partial charge in [0.05, 0.1) is 11.0 Å². The molecule has 0 unspecified atom stereocenters. The molecule has 0 bridgehead atoms. The second-order valence-electron chi connectivity index (χ2n) is 3.96. The first-order valence-corrected chi connectivity index (χ1v) is 5.23. The molecule has 2 heteroatoms. The van der Waals surface area contributed by atoms with Crippen LogP contribution in [0.25, 0.3) is 18.2 Å². The molecule has 1 aromatic rings. The van der Waals surface area contributed by atoms with Gasteiger partial charge < -0.3 is 5.84 Å². The number of aromatic nitrogens is 1. The van der Waals surface area contributed by atoms with Gasteiger partial charge in [-0.15, -0.1) is 0 Å². The van der Waals surface area contributed by atoms with Crippen LogP contribution in [0.4, 0.5) is 0 Å². The predicted octanol–water partition coefficient (Wildman–Crippen LogP) is 0.516. The van der Waals surface area contributed by atoms with Gasteiger partial charge in [0.15, 0.2) is 0 Å². The summed E-state index contributed by atoms with van der Waals surface area (Å²) in [6.45, 7) is 0. The Kier molecular flexibility index (Phi) is 1.57. The Balaban J connectivity index is 2.47. The van der Waals surface area contributed by atoms with Crippen molar-refractivity contribution in [3.05, 3.63) is 27.9 Å². The van der Waals surface area contributed by atoms with Crippen molar-refractivity contribution in [1.82, 2.24) is 4.68 Å². The van der Waals surface area contributed by atoms with Gasteiger partial charge in [0.1, 0.15) is 0 Å². The zero-order valence-electron chi connectivity index (χ0n) is 8.16. The topological polar surface area (TPSA) is 30.9 Å². The molecule has 2 aliphatic rings. The molecule has 0 aromatic carbocycles. The van der Waals surface area contributed by atoms with Gasteiger partial charge in [0.2, 0.25) is 0 Å². The van der Waals surface area contributed by atoms with E-state index in [1.165, 1.54) is 21.8 Å². The standard InChI is InChI=1S/C12H14N2/c13-14-11-7-3-1-5-9(11)10-6-2-4-8-12(10)14/h3,6-8H,1-2,4-5,13H2. The highest BCUT2D eigenvalue weighted by Gasteiger charge is 2.14. The molecule has 0 aliphatic heterocycles. The maximum absolute atomic E-state index is 6.06. The largest absolute Gasteiger partial charge is 0.339 e. The zero-order valence-corrected chi connectivity index (χ0v) is 8.16. The van der Waals surface area contributed by atoms with E-state index in [-0.39, 0.29) is 0 Å². The smallest absolute Gasteiger partial charge is 0.0659 e. The summed E-state index contributed by atoms with van der Waals surface area (Å²) in [5.74, 6) is 6.06. The number of nitrogens with zero attached hydrogens (tertiary/aromatic N) is 1. The molecule has 0 atom stereocenters. The van der Waals surface area contributed by atoms with E-state index in [0.29, 0.717) is 0 Å². The number of fused-ring (bicyclic) bond motifs is 3. The first-order valence-electron chi connectivity index (χ1n) is 5.23. The maximum Gasteiger partial charge on any atom is 0.0659 e. The van der Waals surface area contributed by atoms with Crippen LogP contribution in [0.2, 0.25) is 0 Å². The van der Waals surface area contributed by atoms with E-state index in [0.717, 1.165) is 25.7 Å². The first kappa shape index (κ1) is 7.92. The summed E-state index contributed by atoms with van der Waals surface area (Å²) >= 11 is 0. The van der Waals surface area contributed by atoms with Crippen LogP contribution in [-0.2, 0) is 6.42 Å². The van der Waals surface area contributed by atoms with Crippen molar-refractivity contribution in [3.8, 4) is 0 Å². The number of hydrogen-bond acceptors (Lipinski definition) is 1. The van der Waals surface area contributed by atoms with Crippen molar-refractivity contribution in [1.29, 1.82) is 0 Å². The summed E-state index contributed by atoms with van der Waals surface area (Å²) in [6.07, 6.45) is 13.5. The fraction of sp³-hybridized carbons (Fsp3) is 0.333. The van der Waals surface area contributed by atoms with E-state index in [9.17, 15) is 0 Å². The lowest BCUT2D eigenvalue weighted by Crippen LogP contribution is -2.35. The van der Waals surface area contributed by atoms with Crippen LogP contribution in [0.3, 0.4) is 0 Å². The number of allylic oxidation sites excluding steroid dienone is 1. The van der Waals surface area contributed by atoms with E-state index >= 15 is 0 Å². The van der Waals surface area contributed by atoms with Crippen molar-refractivity contribution in [3.63, 3.8) is 0 Å². The SMILES string of the molecule is Nn1c2c(c3c1=CCCC=3)CCC=C2. The van der Waals surface area contributed by atoms with Crippen molar-refractivity contribution >= 4 is 18.2 Å². The Morgan fingerprint density at radius 3 is 2.93 bits per heavy atom. The van der Waals surface area contributed by atoms with Gasteiger partial charge in [0.25, 0.3) is 0 Å². The minimum Gasteiger partial charge on any atom is -0.339 e. The molecule has 0 amide bonds. The summed E-state index contributed by atoms with van der Waals surface area (Å²) < 4.78 is 1.84. The molecule has 72 valence electrons. The monoisotopic (exact) mass is 186 g/mol. The zero-order chi connectivity index (χ0) is 9.54. The quantitative estimate of drug-likeness (QED) is 0.588. The van der Waals surface area contributed by atoms with E-state index in [2.05, 4.69) is 24.3 Å². The van der Waals surface area contributed by atoms with Crippen LogP contribution in [0, 0.1) is 0 Å². The van der Waals surface area contributed by atoms with Crippen molar-refractivity contribution in [2.75, 3.05) is 5.84 Å². The fourth-order valence-electron chi connectivity index (χ4n) is 2.45. The molecule has 3 rings (SSSR count). The Morgan fingerprint density at radius 1 is 1.14 bits per heavy atom. The molecule has 14 heavy (non-hydrogen) atoms. The van der Waals surface area contributed by atoms with E-state index in [4.69, 9.17) is 5.84 Å². The molecule has 0 radical (unpaired) electrons. The summed E-state index contributed by atoms with van der Waals surface area (Å²) in [6, 6.07) is 0. The highest BCUT2D eigenvalue weighted by atomic mass is 15.3. The summed E-state index contributed by atoms with van der Waals surface area (Å²) in [4.78, 5) is 0. The Morgan fingerprint density at radius 2 is 2.00 bits per heavy atom. The van der Waals surface area contributed by atoms with Gasteiger partial charge in [-0.25, -0.2) is 0 Å². The molecule has 0 saturated carbocycles. The minimum atomic E-state index is 1.12. The van der Waals surface area contributed by atoms with Gasteiger partial charge in [-0.2, -0.15) is 0 Å². The molecule has 0 spiro atoms. The number of nitrogen functional groups attached to an aromatic ring is 1. The average molecular weight is 186 g/mol. The molecule has 0 saturated heterocycles. The van der Waals surface area contributed by atoms with Crippen LogP contribution < -0.4 is 16.4 Å². The lowest BCUT2D eigenvalue weighted by Gasteiger charge is -2.06. The lowest BCUT2D eigenvalue weighted by atomic mass is 10.0. The van der Waals surface area contributed by atoms with E-state index in [1.54, 1.807) is 0 Å². The molecular weight excluding hydrogens is 172 g/mol. The van der Waals surface area contributed by atoms with Crippen LogP contribution in [-0.4, -0.2) is 4.68 Å². The van der Waals surface area contributed by atoms with Gasteiger partial charge in [0, 0.05) is 5.22 Å². The summed E-state index contributed by atoms with van der Waals surface area (Å²) in [7, 11) is 0. The third-order valence-electron chi connectivity index (χ3n) is 3.12. The highest BCUT2D eigenvalue weighted by Crippen LogP contribution is 2.14. The molecular formula is C12H14N2. The molecule has 1 heterocycles. The molecule has 2 aliphatic carbocycles. The van der Waals surface area contributed by atoms with Gasteiger partial charge in [-0.05, 0) is 37.3 Å². The number of rotatable bonds is 0. The molecule has 0 fully saturated rings. The second kappa shape index (κ2) is 2.77. The molecule has 2 nitrogen and oxygen atoms in total. The average Bonchev–Trinajstić information content (AvgIpc) is 2.55. The van der Waals surface area contributed by atoms with Crippen LogP contribution >= 0.6 is 0 Å². The van der Waals surface area contributed by atoms with Crippen LogP contribution in [0.1, 0.15) is 30.5 Å². The Hall–Kier alpha value is -1.44. The Labute approximate surface area is 83.0 Å². The maximum atomic E-state index is 6.06. The third kappa shape index (κ3) is 0.910. The van der Waals surface area contributed by atoms with Gasteiger partial charge in [-0.1, -0.05) is 18.2 Å². The first-order chi connectivity index (χ1) is 6.88. The Bertz CT molecular complexity index is 517. The predicted molar refractivity (Wildman–Crippen MR) is 59.4 cm³/mol. The van der Waals surface area contributed by atoms with Crippen LogP contribution in [0.15, 0.2) is 6.08 Å². The van der Waals surface area contributed by atoms with E-state index in [1.807, 2.05) is 4.68 Å². The van der Waals surface area contributed by atoms with Crippen molar-refractivity contribution < 1.29 is 0 Å². The van der Waals surface area contributed by atoms with Gasteiger partial charge in [-0.3, -0.25) is 4.68 Å². The van der Waals surface area contributed by atoms with E-state index < -0.39 is 0 Å². The van der Waals surface area contributed by atoms with Crippen molar-refractivity contribution in [2.24, 2.45) is 0 Å². The summed E-state index contributed by atoms with van der Waals surface area (Å²) in [5, 5.41) is 2.60. The number of hydrogen-bond donors (Lipinski definition) is 1. The van der Waals surface area contributed by atoms with Crippen molar-refractivity contribution in [2.45, 2.75) is 25.7 Å². The van der Waals surface area contributed by atoms with Gasteiger partial charge >= 0.3 is 0 Å². The second-order valence-corrected chi connectivity index (χ2v) is 3.96. The lowest BCUT2D eigenvalue weighted by molar-refractivity contribution is 0.918.